The zero-order chi connectivity index (χ0) is 7.72. The molecule has 0 radical (unpaired) electrons. The minimum absolute atomic E-state index is 0.334. The Hall–Kier alpha value is -0.450. The van der Waals surface area contributed by atoms with E-state index in [1.54, 1.807) is 0 Å². The number of nitrogens with one attached hydrogen (secondary N) is 2. The van der Waals surface area contributed by atoms with Crippen molar-refractivity contribution in [3.8, 4) is 0 Å². The highest BCUT2D eigenvalue weighted by Crippen LogP contribution is 2.16. The lowest BCUT2D eigenvalue weighted by Gasteiger charge is -2.08. The molecule has 0 atom stereocenters. The summed E-state index contributed by atoms with van der Waals surface area (Å²) in [7, 11) is 0. The molecule has 1 aliphatic rings. The van der Waals surface area contributed by atoms with Crippen LogP contribution in [-0.2, 0) is 0 Å². The van der Waals surface area contributed by atoms with Crippen LogP contribution < -0.4 is 0 Å². The number of rotatable bonds is 0. The molecular weight excluding hydrogens is 239 g/mol. The molecule has 0 aromatic carbocycles. The van der Waals surface area contributed by atoms with Gasteiger partial charge in [0, 0.05) is 3.58 Å². The normalized spacial score (nSPS) is 18.6. The predicted octanol–water partition coefficient (Wildman–Crippen LogP) is 2.30. The topological polar surface area (TPSA) is 47.7 Å². The molecular formula is C7H7IN2. The van der Waals surface area contributed by atoms with Crippen LogP contribution in [0.25, 0.3) is 0 Å². The second-order valence-electron chi connectivity index (χ2n) is 2.11. The lowest BCUT2D eigenvalue weighted by atomic mass is 10.0. The summed E-state index contributed by atoms with van der Waals surface area (Å²) in [5.41, 5.74) is 1.54. The van der Waals surface area contributed by atoms with E-state index in [2.05, 4.69) is 22.6 Å². The average Bonchev–Trinajstić information content (AvgIpc) is 1.93. The summed E-state index contributed by atoms with van der Waals surface area (Å²) in [6.45, 7) is 1.84. The summed E-state index contributed by atoms with van der Waals surface area (Å²) in [5.74, 6) is 0. The van der Waals surface area contributed by atoms with Gasteiger partial charge < -0.3 is 0 Å². The van der Waals surface area contributed by atoms with Crippen LogP contribution in [-0.4, -0.2) is 11.4 Å². The van der Waals surface area contributed by atoms with Gasteiger partial charge in [0.1, 0.15) is 0 Å². The maximum atomic E-state index is 7.39. The quantitative estimate of drug-likeness (QED) is 0.486. The van der Waals surface area contributed by atoms with Crippen molar-refractivity contribution in [3.05, 3.63) is 21.3 Å². The molecule has 2 nitrogen and oxygen atoms in total. The summed E-state index contributed by atoms with van der Waals surface area (Å²) >= 11 is 2.06. The maximum absolute atomic E-state index is 7.39. The molecule has 0 bridgehead atoms. The molecule has 0 aromatic heterocycles. The maximum Gasteiger partial charge on any atom is 0.0925 e. The molecule has 0 amide bonds. The summed E-state index contributed by atoms with van der Waals surface area (Å²) < 4.78 is 0.841. The van der Waals surface area contributed by atoms with E-state index < -0.39 is 0 Å². The van der Waals surface area contributed by atoms with Crippen LogP contribution in [0.15, 0.2) is 21.3 Å². The summed E-state index contributed by atoms with van der Waals surface area (Å²) in [6.07, 6.45) is 3.72. The van der Waals surface area contributed by atoms with Gasteiger partial charge in [0.2, 0.25) is 0 Å². The fourth-order valence-electron chi connectivity index (χ4n) is 0.681. The third-order valence-corrected chi connectivity index (χ3v) is 2.26. The Morgan fingerprint density at radius 3 is 2.30 bits per heavy atom. The van der Waals surface area contributed by atoms with Crippen molar-refractivity contribution < 1.29 is 0 Å². The first-order valence-corrected chi connectivity index (χ1v) is 3.93. The van der Waals surface area contributed by atoms with Crippen molar-refractivity contribution in [2.75, 3.05) is 0 Å². The van der Waals surface area contributed by atoms with Crippen LogP contribution >= 0.6 is 22.6 Å². The summed E-state index contributed by atoms with van der Waals surface area (Å²) in [6, 6.07) is 0. The van der Waals surface area contributed by atoms with Crippen LogP contribution in [0, 0.1) is 10.8 Å². The number of allylic oxidation sites excluding steroid dienone is 4. The first kappa shape index (κ1) is 7.65. The zero-order valence-corrected chi connectivity index (χ0v) is 7.69. The molecule has 0 fully saturated rings. The monoisotopic (exact) mass is 246 g/mol. The largest absolute Gasteiger partial charge is 0.298 e. The van der Waals surface area contributed by atoms with Crippen LogP contribution in [0.2, 0.25) is 0 Å². The Labute approximate surface area is 73.2 Å². The van der Waals surface area contributed by atoms with E-state index in [0.717, 1.165) is 9.15 Å². The van der Waals surface area contributed by atoms with E-state index in [1.807, 2.05) is 19.1 Å². The van der Waals surface area contributed by atoms with Crippen molar-refractivity contribution in [2.45, 2.75) is 6.92 Å². The first-order valence-electron chi connectivity index (χ1n) is 2.85. The summed E-state index contributed by atoms with van der Waals surface area (Å²) in [5, 5.41) is 14.8. The Balaban J connectivity index is 3.09. The molecule has 0 spiro atoms. The molecule has 3 heteroatoms. The number of hydrogen-bond acceptors (Lipinski definition) is 2. The van der Waals surface area contributed by atoms with Gasteiger partial charge in [-0.3, -0.25) is 10.8 Å². The van der Waals surface area contributed by atoms with Crippen molar-refractivity contribution in [1.82, 2.24) is 0 Å². The third-order valence-electron chi connectivity index (χ3n) is 1.36. The SMILES string of the molecule is CC1=CC=C(I)C(=N)C1=N. The van der Waals surface area contributed by atoms with Crippen LogP contribution in [0.1, 0.15) is 6.92 Å². The molecule has 0 saturated heterocycles. The lowest BCUT2D eigenvalue weighted by molar-refractivity contribution is 1.43. The highest BCUT2D eigenvalue weighted by atomic mass is 127. The smallest absolute Gasteiger partial charge is 0.0925 e. The molecule has 1 rings (SSSR count). The number of halogens is 1. The highest BCUT2D eigenvalue weighted by molar-refractivity contribution is 14.1. The van der Waals surface area contributed by atoms with Gasteiger partial charge in [-0.05, 0) is 41.2 Å². The minimum atomic E-state index is 0.334. The van der Waals surface area contributed by atoms with E-state index in [1.165, 1.54) is 0 Å². The van der Waals surface area contributed by atoms with Crippen molar-refractivity contribution >= 4 is 34.0 Å². The average molecular weight is 246 g/mol. The van der Waals surface area contributed by atoms with Crippen molar-refractivity contribution in [3.63, 3.8) is 0 Å². The highest BCUT2D eigenvalue weighted by Gasteiger charge is 2.12. The van der Waals surface area contributed by atoms with E-state index >= 15 is 0 Å². The van der Waals surface area contributed by atoms with E-state index in [-0.39, 0.29) is 0 Å². The molecule has 0 heterocycles. The standard InChI is InChI=1S/C7H7IN2/c1-4-2-3-5(8)7(10)6(4)9/h2-3,9-10H,1H3. The second-order valence-corrected chi connectivity index (χ2v) is 3.28. The van der Waals surface area contributed by atoms with Gasteiger partial charge >= 0.3 is 0 Å². The second kappa shape index (κ2) is 2.65. The van der Waals surface area contributed by atoms with Gasteiger partial charge in [0.15, 0.2) is 0 Å². The van der Waals surface area contributed by atoms with Crippen molar-refractivity contribution in [2.24, 2.45) is 0 Å². The van der Waals surface area contributed by atoms with Gasteiger partial charge in [-0.15, -0.1) is 0 Å². The molecule has 2 N–H and O–H groups in total. The molecule has 0 unspecified atom stereocenters. The van der Waals surface area contributed by atoms with E-state index in [9.17, 15) is 0 Å². The Kier molecular flexibility index (Phi) is 2.03. The van der Waals surface area contributed by atoms with Crippen LogP contribution in [0.3, 0.4) is 0 Å². The van der Waals surface area contributed by atoms with Crippen LogP contribution in [0.5, 0.6) is 0 Å². The molecule has 0 aliphatic heterocycles. The Bertz CT molecular complexity index is 225. The molecule has 0 saturated carbocycles. The molecule has 52 valence electrons. The molecule has 10 heavy (non-hydrogen) atoms. The fraction of sp³-hybridized carbons (Fsp3) is 0.143. The van der Waals surface area contributed by atoms with E-state index in [0.29, 0.717) is 11.4 Å². The third kappa shape index (κ3) is 1.18. The van der Waals surface area contributed by atoms with Crippen molar-refractivity contribution in [1.29, 1.82) is 10.8 Å². The van der Waals surface area contributed by atoms with Gasteiger partial charge in [0.05, 0.1) is 11.4 Å². The van der Waals surface area contributed by atoms with Gasteiger partial charge in [-0.25, -0.2) is 0 Å². The Morgan fingerprint density at radius 2 is 1.80 bits per heavy atom. The Morgan fingerprint density at radius 1 is 1.20 bits per heavy atom. The predicted molar refractivity (Wildman–Crippen MR) is 51.3 cm³/mol. The lowest BCUT2D eigenvalue weighted by Crippen LogP contribution is -2.15. The van der Waals surface area contributed by atoms with E-state index in [4.69, 9.17) is 10.8 Å². The fourth-order valence-corrected chi connectivity index (χ4v) is 1.13. The molecule has 0 aromatic rings. The summed E-state index contributed by atoms with van der Waals surface area (Å²) in [4.78, 5) is 0. The number of hydrogen-bond donors (Lipinski definition) is 2. The minimum Gasteiger partial charge on any atom is -0.298 e. The first-order chi connectivity index (χ1) is 4.63. The van der Waals surface area contributed by atoms with Gasteiger partial charge in [-0.2, -0.15) is 0 Å². The van der Waals surface area contributed by atoms with Crippen LogP contribution in [0.4, 0.5) is 0 Å². The van der Waals surface area contributed by atoms with Gasteiger partial charge in [0.25, 0.3) is 0 Å². The molecule has 1 aliphatic carbocycles. The zero-order valence-electron chi connectivity index (χ0n) is 5.53. The van der Waals surface area contributed by atoms with Gasteiger partial charge in [-0.1, -0.05) is 6.08 Å².